The van der Waals surface area contributed by atoms with Crippen LogP contribution in [0.3, 0.4) is 0 Å². The number of carbonyl (C=O) groups excluding carboxylic acids is 1. The van der Waals surface area contributed by atoms with Crippen LogP contribution in [0.4, 0.5) is 11.4 Å². The fourth-order valence-electron chi connectivity index (χ4n) is 1.99. The zero-order chi connectivity index (χ0) is 15.2. The smallest absolute Gasteiger partial charge is 0.255 e. The van der Waals surface area contributed by atoms with Gasteiger partial charge in [-0.2, -0.15) is 0 Å². The molecule has 110 valence electrons. The molecule has 0 atom stereocenters. The van der Waals surface area contributed by atoms with E-state index >= 15 is 0 Å². The van der Waals surface area contributed by atoms with Gasteiger partial charge in [0.25, 0.3) is 5.91 Å². The standard InChI is InChI=1S/C17H19BrN2O/c1-20(2)16-5-3-4-14(12-16)17(21)19-15-8-6-13(7-9-15)10-11-18/h3-9,12H,10-11H2,1-2H3,(H,19,21). The second kappa shape index (κ2) is 7.27. The van der Waals surface area contributed by atoms with Gasteiger partial charge in [-0.05, 0) is 42.3 Å². The summed E-state index contributed by atoms with van der Waals surface area (Å²) in [6.45, 7) is 0. The molecular weight excluding hydrogens is 328 g/mol. The Labute approximate surface area is 134 Å². The number of anilines is 2. The topological polar surface area (TPSA) is 32.3 Å². The van der Waals surface area contributed by atoms with E-state index in [1.165, 1.54) is 5.56 Å². The molecule has 0 bridgehead atoms. The number of alkyl halides is 1. The van der Waals surface area contributed by atoms with E-state index in [1.807, 2.05) is 67.5 Å². The highest BCUT2D eigenvalue weighted by Gasteiger charge is 2.07. The van der Waals surface area contributed by atoms with E-state index in [2.05, 4.69) is 21.2 Å². The molecule has 1 amide bonds. The molecule has 3 nitrogen and oxygen atoms in total. The summed E-state index contributed by atoms with van der Waals surface area (Å²) in [7, 11) is 3.92. The molecule has 0 aromatic heterocycles. The third-order valence-corrected chi connectivity index (χ3v) is 3.62. The van der Waals surface area contributed by atoms with Gasteiger partial charge in [0, 0.05) is 36.4 Å². The van der Waals surface area contributed by atoms with Crippen LogP contribution in [-0.4, -0.2) is 25.3 Å². The summed E-state index contributed by atoms with van der Waals surface area (Å²) in [4.78, 5) is 14.2. The van der Waals surface area contributed by atoms with Gasteiger partial charge in [0.1, 0.15) is 0 Å². The number of nitrogens with zero attached hydrogens (tertiary/aromatic N) is 1. The third kappa shape index (κ3) is 4.33. The Balaban J connectivity index is 2.08. The molecule has 0 heterocycles. The number of rotatable bonds is 5. The number of hydrogen-bond donors (Lipinski definition) is 1. The van der Waals surface area contributed by atoms with E-state index in [9.17, 15) is 4.79 Å². The van der Waals surface area contributed by atoms with E-state index in [0.717, 1.165) is 23.1 Å². The zero-order valence-electron chi connectivity index (χ0n) is 12.3. The Morgan fingerprint density at radius 3 is 2.48 bits per heavy atom. The zero-order valence-corrected chi connectivity index (χ0v) is 13.9. The Morgan fingerprint density at radius 1 is 1.14 bits per heavy atom. The number of hydrogen-bond acceptors (Lipinski definition) is 2. The van der Waals surface area contributed by atoms with Crippen LogP contribution in [0.2, 0.25) is 0 Å². The number of nitrogens with one attached hydrogen (secondary N) is 1. The van der Waals surface area contributed by atoms with Gasteiger partial charge in [0.05, 0.1) is 0 Å². The lowest BCUT2D eigenvalue weighted by Gasteiger charge is -2.13. The van der Waals surface area contributed by atoms with Gasteiger partial charge in [-0.3, -0.25) is 4.79 Å². The number of aryl methyl sites for hydroxylation is 1. The van der Waals surface area contributed by atoms with Gasteiger partial charge in [0.2, 0.25) is 0 Å². The minimum atomic E-state index is -0.0908. The summed E-state index contributed by atoms with van der Waals surface area (Å²) in [6.07, 6.45) is 0.985. The average molecular weight is 347 g/mol. The minimum Gasteiger partial charge on any atom is -0.378 e. The minimum absolute atomic E-state index is 0.0908. The van der Waals surface area contributed by atoms with E-state index in [1.54, 1.807) is 0 Å². The second-order valence-corrected chi connectivity index (χ2v) is 5.83. The van der Waals surface area contributed by atoms with Crippen molar-refractivity contribution in [3.63, 3.8) is 0 Å². The number of carbonyl (C=O) groups is 1. The SMILES string of the molecule is CN(C)c1cccc(C(=O)Nc2ccc(CCBr)cc2)c1. The van der Waals surface area contributed by atoms with Crippen molar-refractivity contribution in [2.24, 2.45) is 0 Å². The van der Waals surface area contributed by atoms with Crippen LogP contribution in [0.5, 0.6) is 0 Å². The van der Waals surface area contributed by atoms with Crippen molar-refractivity contribution in [3.8, 4) is 0 Å². The molecule has 2 rings (SSSR count). The number of halogens is 1. The molecule has 0 spiro atoms. The summed E-state index contributed by atoms with van der Waals surface area (Å²) in [5.41, 5.74) is 3.73. The van der Waals surface area contributed by atoms with Crippen molar-refractivity contribution in [2.75, 3.05) is 29.6 Å². The summed E-state index contributed by atoms with van der Waals surface area (Å²) < 4.78 is 0. The fraction of sp³-hybridized carbons (Fsp3) is 0.235. The van der Waals surface area contributed by atoms with E-state index in [-0.39, 0.29) is 5.91 Å². The lowest BCUT2D eigenvalue weighted by Crippen LogP contribution is -2.14. The maximum absolute atomic E-state index is 12.3. The van der Waals surface area contributed by atoms with Gasteiger partial charge >= 0.3 is 0 Å². The molecule has 0 aliphatic carbocycles. The van der Waals surface area contributed by atoms with E-state index in [4.69, 9.17) is 0 Å². The van der Waals surface area contributed by atoms with Crippen molar-refractivity contribution in [1.82, 2.24) is 0 Å². The van der Waals surface area contributed by atoms with Crippen LogP contribution in [0.25, 0.3) is 0 Å². The first kappa shape index (κ1) is 15.6. The molecule has 2 aromatic rings. The molecule has 0 saturated heterocycles. The predicted octanol–water partition coefficient (Wildman–Crippen LogP) is 3.94. The first-order chi connectivity index (χ1) is 10.1. The quantitative estimate of drug-likeness (QED) is 0.831. The van der Waals surface area contributed by atoms with Crippen molar-refractivity contribution in [3.05, 3.63) is 59.7 Å². The van der Waals surface area contributed by atoms with Gasteiger partial charge in [-0.25, -0.2) is 0 Å². The highest BCUT2D eigenvalue weighted by Crippen LogP contribution is 2.16. The number of benzene rings is 2. The molecule has 21 heavy (non-hydrogen) atoms. The average Bonchev–Trinajstić information content (AvgIpc) is 2.49. The molecule has 0 fully saturated rings. The first-order valence-corrected chi connectivity index (χ1v) is 7.96. The molecule has 0 unspecified atom stereocenters. The molecule has 0 aliphatic heterocycles. The lowest BCUT2D eigenvalue weighted by atomic mass is 10.1. The Kier molecular flexibility index (Phi) is 5.39. The molecule has 1 N–H and O–H groups in total. The summed E-state index contributed by atoms with van der Waals surface area (Å²) in [5, 5.41) is 3.87. The number of amides is 1. The third-order valence-electron chi connectivity index (χ3n) is 3.22. The Morgan fingerprint density at radius 2 is 1.86 bits per heavy atom. The van der Waals surface area contributed by atoms with Crippen LogP contribution in [0, 0.1) is 0 Å². The fourth-order valence-corrected chi connectivity index (χ4v) is 2.45. The Bertz CT molecular complexity index is 608. The molecule has 0 radical (unpaired) electrons. The van der Waals surface area contributed by atoms with Crippen molar-refractivity contribution < 1.29 is 4.79 Å². The highest BCUT2D eigenvalue weighted by molar-refractivity contribution is 9.09. The van der Waals surface area contributed by atoms with E-state index in [0.29, 0.717) is 5.56 Å². The lowest BCUT2D eigenvalue weighted by molar-refractivity contribution is 0.102. The van der Waals surface area contributed by atoms with Crippen LogP contribution in [-0.2, 0) is 6.42 Å². The maximum Gasteiger partial charge on any atom is 0.255 e. The van der Waals surface area contributed by atoms with Gasteiger partial charge in [-0.15, -0.1) is 0 Å². The molecule has 4 heteroatoms. The predicted molar refractivity (Wildman–Crippen MR) is 92.7 cm³/mol. The maximum atomic E-state index is 12.3. The van der Waals surface area contributed by atoms with Crippen LogP contribution in [0.15, 0.2) is 48.5 Å². The van der Waals surface area contributed by atoms with Crippen molar-refractivity contribution >= 4 is 33.2 Å². The van der Waals surface area contributed by atoms with E-state index < -0.39 is 0 Å². The summed E-state index contributed by atoms with van der Waals surface area (Å²) in [6, 6.07) is 15.5. The second-order valence-electron chi connectivity index (χ2n) is 5.03. The molecular formula is C17H19BrN2O. The van der Waals surface area contributed by atoms with Gasteiger partial charge in [0.15, 0.2) is 0 Å². The van der Waals surface area contributed by atoms with Crippen LogP contribution >= 0.6 is 15.9 Å². The monoisotopic (exact) mass is 346 g/mol. The van der Waals surface area contributed by atoms with Crippen molar-refractivity contribution in [1.29, 1.82) is 0 Å². The molecule has 0 saturated carbocycles. The first-order valence-electron chi connectivity index (χ1n) is 6.84. The van der Waals surface area contributed by atoms with Crippen LogP contribution < -0.4 is 10.2 Å². The van der Waals surface area contributed by atoms with Crippen LogP contribution in [0.1, 0.15) is 15.9 Å². The van der Waals surface area contributed by atoms with Gasteiger partial charge in [-0.1, -0.05) is 34.1 Å². The Hall–Kier alpha value is -1.81. The summed E-state index contributed by atoms with van der Waals surface area (Å²) >= 11 is 3.42. The largest absolute Gasteiger partial charge is 0.378 e. The van der Waals surface area contributed by atoms with Gasteiger partial charge < -0.3 is 10.2 Å². The normalized spacial score (nSPS) is 10.2. The van der Waals surface area contributed by atoms with Crippen molar-refractivity contribution in [2.45, 2.75) is 6.42 Å². The molecule has 0 aliphatic rings. The highest BCUT2D eigenvalue weighted by atomic mass is 79.9. The summed E-state index contributed by atoms with van der Waals surface area (Å²) in [5.74, 6) is -0.0908. The molecule has 2 aromatic carbocycles.